The maximum absolute atomic E-state index is 10.8. The summed E-state index contributed by atoms with van der Waals surface area (Å²) in [5, 5.41) is 23.0. The molecule has 1 aromatic rings. The Labute approximate surface area is 138 Å². The Kier molecular flexibility index (Phi) is 6.40. The van der Waals surface area contributed by atoms with E-state index in [1.165, 1.54) is 0 Å². The molecule has 1 aliphatic rings. The number of ether oxygens (including phenoxy) is 1. The van der Waals surface area contributed by atoms with Gasteiger partial charge in [-0.2, -0.15) is 5.26 Å². The number of nitrogens with one attached hydrogen (secondary N) is 1. The van der Waals surface area contributed by atoms with Gasteiger partial charge in [-0.1, -0.05) is 13.8 Å². The lowest BCUT2D eigenvalue weighted by atomic mass is 9.89. The second-order valence-electron chi connectivity index (χ2n) is 6.08. The van der Waals surface area contributed by atoms with Gasteiger partial charge >= 0.3 is 0 Å². The van der Waals surface area contributed by atoms with E-state index in [1.807, 2.05) is 13.8 Å². The Hall–Kier alpha value is -1.61. The fraction of sp³-hybridized carbons (Fsp3) is 0.611. The summed E-state index contributed by atoms with van der Waals surface area (Å²) in [4.78, 5) is 2.28. The third kappa shape index (κ3) is 4.44. The molecule has 0 spiro atoms. The van der Waals surface area contributed by atoms with Crippen LogP contribution < -0.4 is 10.1 Å². The molecular weight excluding hydrogens is 290 g/mol. The lowest BCUT2D eigenvalue weighted by Crippen LogP contribution is -2.54. The zero-order chi connectivity index (χ0) is 16.7. The summed E-state index contributed by atoms with van der Waals surface area (Å²) >= 11 is 0. The van der Waals surface area contributed by atoms with Gasteiger partial charge in [0.25, 0.3) is 0 Å². The summed E-state index contributed by atoms with van der Waals surface area (Å²) < 4.78 is 6.20. The van der Waals surface area contributed by atoms with Gasteiger partial charge in [0.1, 0.15) is 17.5 Å². The summed E-state index contributed by atoms with van der Waals surface area (Å²) in [5.74, 6) is 0.701. The first-order valence-corrected chi connectivity index (χ1v) is 8.44. The van der Waals surface area contributed by atoms with E-state index in [9.17, 15) is 5.11 Å². The summed E-state index contributed by atoms with van der Waals surface area (Å²) in [6.07, 6.45) is 0.916. The van der Waals surface area contributed by atoms with Crippen molar-refractivity contribution in [3.05, 3.63) is 29.8 Å². The third-order valence-electron chi connectivity index (χ3n) is 4.75. The zero-order valence-electron chi connectivity index (χ0n) is 14.1. The van der Waals surface area contributed by atoms with Gasteiger partial charge in [-0.15, -0.1) is 0 Å². The smallest absolute Gasteiger partial charge is 0.135 e. The number of aliphatic hydroxyl groups is 1. The zero-order valence-corrected chi connectivity index (χ0v) is 14.1. The van der Waals surface area contributed by atoms with Gasteiger partial charge in [-0.3, -0.25) is 4.90 Å². The number of nitriles is 1. The predicted molar refractivity (Wildman–Crippen MR) is 90.4 cm³/mol. The Bertz CT molecular complexity index is 514. The van der Waals surface area contributed by atoms with Crippen LogP contribution in [-0.4, -0.2) is 54.4 Å². The number of piperazine rings is 1. The minimum Gasteiger partial charge on any atom is -0.485 e. The minimum atomic E-state index is -0.598. The third-order valence-corrected chi connectivity index (χ3v) is 4.75. The number of β-amino-alcohol motifs (C(OH)–C–C–N with tert-alkyl or cyclic N) is 1. The van der Waals surface area contributed by atoms with Crippen LogP contribution in [0.4, 0.5) is 0 Å². The fourth-order valence-electron chi connectivity index (χ4n) is 3.07. The Balaban J connectivity index is 2.08. The van der Waals surface area contributed by atoms with Gasteiger partial charge in [0.15, 0.2) is 0 Å². The molecule has 1 aliphatic heterocycles. The normalized spacial score (nSPS) is 17.5. The molecule has 2 rings (SSSR count). The van der Waals surface area contributed by atoms with Crippen LogP contribution in [-0.2, 0) is 0 Å². The van der Waals surface area contributed by atoms with E-state index in [0.717, 1.165) is 39.0 Å². The minimum absolute atomic E-state index is 0.550. The molecule has 1 aromatic carbocycles. The van der Waals surface area contributed by atoms with Gasteiger partial charge in [-0.05, 0) is 37.1 Å². The Morgan fingerprint density at radius 1 is 1.26 bits per heavy atom. The van der Waals surface area contributed by atoms with Crippen LogP contribution in [0.2, 0.25) is 0 Å². The van der Waals surface area contributed by atoms with E-state index in [0.29, 0.717) is 17.9 Å². The van der Waals surface area contributed by atoms with Crippen LogP contribution in [0.5, 0.6) is 5.75 Å². The van der Waals surface area contributed by atoms with Crippen LogP contribution in [0.3, 0.4) is 0 Å². The molecule has 0 radical (unpaired) electrons. The van der Waals surface area contributed by atoms with E-state index in [1.54, 1.807) is 24.3 Å². The molecule has 23 heavy (non-hydrogen) atoms. The molecule has 126 valence electrons. The predicted octanol–water partition coefficient (Wildman–Crippen LogP) is 1.76. The van der Waals surface area contributed by atoms with Crippen molar-refractivity contribution in [1.29, 1.82) is 5.26 Å². The number of aliphatic hydroxyl groups excluding tert-OH is 1. The van der Waals surface area contributed by atoms with Gasteiger partial charge < -0.3 is 15.2 Å². The van der Waals surface area contributed by atoms with Crippen LogP contribution in [0.25, 0.3) is 0 Å². The van der Waals surface area contributed by atoms with Crippen molar-refractivity contribution in [2.45, 2.75) is 38.4 Å². The molecule has 5 nitrogen and oxygen atoms in total. The van der Waals surface area contributed by atoms with Gasteiger partial charge in [-0.25, -0.2) is 0 Å². The highest BCUT2D eigenvalue weighted by Crippen LogP contribution is 2.29. The van der Waals surface area contributed by atoms with Crippen LogP contribution in [0.1, 0.15) is 32.3 Å². The highest BCUT2D eigenvalue weighted by molar-refractivity contribution is 5.34. The number of hydrogen-bond acceptors (Lipinski definition) is 5. The van der Waals surface area contributed by atoms with E-state index in [2.05, 4.69) is 16.3 Å². The van der Waals surface area contributed by atoms with Crippen molar-refractivity contribution in [3.63, 3.8) is 0 Å². The lowest BCUT2D eigenvalue weighted by molar-refractivity contribution is -0.0735. The molecule has 0 bridgehead atoms. The van der Waals surface area contributed by atoms with Crippen molar-refractivity contribution >= 4 is 0 Å². The average Bonchev–Trinajstić information content (AvgIpc) is 2.61. The molecule has 1 unspecified atom stereocenters. The SMILES string of the molecule is CCC(CC)(Oc1ccc(C#N)cc1)C(O)CN1CCNCC1. The second-order valence-corrected chi connectivity index (χ2v) is 6.08. The van der Waals surface area contributed by atoms with E-state index >= 15 is 0 Å². The standard InChI is InChI=1S/C18H27N3O2/c1-3-18(4-2,17(22)14-21-11-9-20-10-12-21)23-16-7-5-15(13-19)6-8-16/h5-8,17,20,22H,3-4,9-12,14H2,1-2H3. The average molecular weight is 317 g/mol. The maximum atomic E-state index is 10.8. The van der Waals surface area contributed by atoms with Gasteiger partial charge in [0.2, 0.25) is 0 Å². The maximum Gasteiger partial charge on any atom is 0.135 e. The molecular formula is C18H27N3O2. The van der Waals surface area contributed by atoms with E-state index in [4.69, 9.17) is 10.00 Å². The van der Waals surface area contributed by atoms with Crippen LogP contribution >= 0.6 is 0 Å². The topological polar surface area (TPSA) is 68.5 Å². The second kappa shape index (κ2) is 8.30. The van der Waals surface area contributed by atoms with Crippen molar-refractivity contribution in [2.75, 3.05) is 32.7 Å². The molecule has 0 saturated carbocycles. The van der Waals surface area contributed by atoms with Crippen LogP contribution in [0, 0.1) is 11.3 Å². The van der Waals surface area contributed by atoms with Crippen molar-refractivity contribution < 1.29 is 9.84 Å². The van der Waals surface area contributed by atoms with Crippen LogP contribution in [0.15, 0.2) is 24.3 Å². The quantitative estimate of drug-likeness (QED) is 0.802. The molecule has 1 atom stereocenters. The fourth-order valence-corrected chi connectivity index (χ4v) is 3.07. The highest BCUT2D eigenvalue weighted by atomic mass is 16.5. The van der Waals surface area contributed by atoms with Crippen molar-refractivity contribution in [2.24, 2.45) is 0 Å². The molecule has 0 amide bonds. The molecule has 5 heteroatoms. The molecule has 2 N–H and O–H groups in total. The van der Waals surface area contributed by atoms with E-state index < -0.39 is 11.7 Å². The summed E-state index contributed by atoms with van der Waals surface area (Å²) in [7, 11) is 0. The van der Waals surface area contributed by atoms with Crippen molar-refractivity contribution in [1.82, 2.24) is 10.2 Å². The first-order chi connectivity index (χ1) is 11.1. The molecule has 1 saturated heterocycles. The number of rotatable bonds is 7. The van der Waals surface area contributed by atoms with E-state index in [-0.39, 0.29) is 0 Å². The molecule has 1 fully saturated rings. The van der Waals surface area contributed by atoms with Gasteiger partial charge in [0.05, 0.1) is 11.6 Å². The Morgan fingerprint density at radius 3 is 2.39 bits per heavy atom. The number of nitrogens with zero attached hydrogens (tertiary/aromatic N) is 2. The first kappa shape index (κ1) is 17.7. The summed E-state index contributed by atoms with van der Waals surface area (Å²) in [5.41, 5.74) is 0.0104. The summed E-state index contributed by atoms with van der Waals surface area (Å²) in [6, 6.07) is 9.20. The summed E-state index contributed by atoms with van der Waals surface area (Å²) in [6.45, 7) is 8.57. The molecule has 1 heterocycles. The lowest BCUT2D eigenvalue weighted by Gasteiger charge is -2.40. The highest BCUT2D eigenvalue weighted by Gasteiger charge is 2.38. The first-order valence-electron chi connectivity index (χ1n) is 8.44. The molecule has 0 aliphatic carbocycles. The Morgan fingerprint density at radius 2 is 1.87 bits per heavy atom. The monoisotopic (exact) mass is 317 g/mol. The largest absolute Gasteiger partial charge is 0.485 e. The van der Waals surface area contributed by atoms with Crippen molar-refractivity contribution in [3.8, 4) is 11.8 Å². The number of benzene rings is 1. The van der Waals surface area contributed by atoms with Gasteiger partial charge in [0, 0.05) is 32.7 Å². The molecule has 0 aromatic heterocycles. The number of hydrogen-bond donors (Lipinski definition) is 2.